The van der Waals surface area contributed by atoms with Crippen LogP contribution in [0.1, 0.15) is 70.6 Å². The summed E-state index contributed by atoms with van der Waals surface area (Å²) in [7, 11) is 0. The highest BCUT2D eigenvalue weighted by molar-refractivity contribution is 5.94. The zero-order valence-electron chi connectivity index (χ0n) is 21.6. The minimum Gasteiger partial charge on any atom is -0.480 e. The molecule has 0 aliphatic rings. The number of aliphatic carboxylic acids is 1. The van der Waals surface area contributed by atoms with E-state index >= 15 is 0 Å². The number of carbonyl (C=O) groups is 5. The third kappa shape index (κ3) is 15.8. The number of carbonyl (C=O) groups excluding carboxylic acids is 4. The van der Waals surface area contributed by atoms with Gasteiger partial charge in [0.15, 0.2) is 0 Å². The topological polar surface area (TPSA) is 272 Å². The molecule has 4 unspecified atom stereocenters. The lowest BCUT2D eigenvalue weighted by atomic mass is 10.0. The maximum absolute atomic E-state index is 13.1. The molecule has 4 amide bonds. The Hall–Kier alpha value is -2.81. The lowest BCUT2D eigenvalue weighted by Gasteiger charge is -2.25. The van der Waals surface area contributed by atoms with Crippen LogP contribution in [0.25, 0.3) is 0 Å². The minimum absolute atomic E-state index is 0.0170. The molecule has 0 aliphatic carbocycles. The summed E-state index contributed by atoms with van der Waals surface area (Å²) in [5.74, 6) is -3.68. The van der Waals surface area contributed by atoms with E-state index in [1.54, 1.807) is 0 Å². The van der Waals surface area contributed by atoms with Gasteiger partial charge in [0.2, 0.25) is 23.6 Å². The fourth-order valence-corrected chi connectivity index (χ4v) is 3.53. The molecule has 0 aromatic rings. The molecule has 0 rings (SSSR count). The molecule has 0 fully saturated rings. The van der Waals surface area contributed by atoms with E-state index in [9.17, 15) is 29.1 Å². The van der Waals surface area contributed by atoms with Gasteiger partial charge in [-0.05, 0) is 83.8 Å². The van der Waals surface area contributed by atoms with Gasteiger partial charge in [-0.3, -0.25) is 19.2 Å². The van der Waals surface area contributed by atoms with Crippen LogP contribution >= 0.6 is 0 Å². The molecule has 0 aromatic carbocycles. The molecule has 14 nitrogen and oxygen atoms in total. The summed E-state index contributed by atoms with van der Waals surface area (Å²) in [6.07, 6.45) is 3.98. The van der Waals surface area contributed by atoms with E-state index in [-0.39, 0.29) is 32.1 Å². The number of hydrogen-bond donors (Lipinski definition) is 9. The standard InChI is InChI=1S/C23H46N8O6/c24-12-4-1-7-16(29-20(33)15(27)10-11-19(28)32)21(34)30-17(8-2-5-13-25)22(35)31-18(23(36)37)9-3-6-14-26/h15-18H,1-14,24-27H2,(H2,28,32)(H,29,33)(H,30,34)(H,31,35)(H,36,37). The third-order valence-corrected chi connectivity index (χ3v) is 5.76. The molecule has 0 saturated carbocycles. The van der Waals surface area contributed by atoms with Crippen molar-refractivity contribution in [2.45, 2.75) is 94.8 Å². The first-order valence-electron chi connectivity index (χ1n) is 12.8. The fraction of sp³-hybridized carbons (Fsp3) is 0.783. The maximum Gasteiger partial charge on any atom is 0.326 e. The van der Waals surface area contributed by atoms with Crippen molar-refractivity contribution in [1.82, 2.24) is 16.0 Å². The number of primary amides is 1. The number of carboxylic acids is 1. The predicted molar refractivity (Wildman–Crippen MR) is 139 cm³/mol. The van der Waals surface area contributed by atoms with E-state index < -0.39 is 53.8 Å². The highest BCUT2D eigenvalue weighted by atomic mass is 16.4. The number of nitrogens with one attached hydrogen (secondary N) is 3. The molecule has 0 aliphatic heterocycles. The van der Waals surface area contributed by atoms with Crippen LogP contribution < -0.4 is 44.6 Å². The molecule has 0 spiro atoms. The average Bonchev–Trinajstić information content (AvgIpc) is 2.85. The number of carboxylic acid groups (broad SMARTS) is 1. The maximum atomic E-state index is 13.1. The lowest BCUT2D eigenvalue weighted by molar-refractivity contribution is -0.142. The van der Waals surface area contributed by atoms with Gasteiger partial charge >= 0.3 is 5.97 Å². The van der Waals surface area contributed by atoms with Crippen LogP contribution in [-0.2, 0) is 24.0 Å². The van der Waals surface area contributed by atoms with Crippen molar-refractivity contribution < 1.29 is 29.1 Å². The van der Waals surface area contributed by atoms with Crippen LogP contribution in [0.3, 0.4) is 0 Å². The number of unbranched alkanes of at least 4 members (excludes halogenated alkanes) is 3. The van der Waals surface area contributed by atoms with Crippen LogP contribution in [0, 0.1) is 0 Å². The second-order valence-electron chi connectivity index (χ2n) is 8.99. The van der Waals surface area contributed by atoms with Crippen LogP contribution in [0.5, 0.6) is 0 Å². The first kappa shape index (κ1) is 34.2. The Morgan fingerprint density at radius 1 is 0.595 bits per heavy atom. The summed E-state index contributed by atoms with van der Waals surface area (Å²) in [5, 5.41) is 17.2. The molecule has 0 radical (unpaired) electrons. The molecule has 0 aromatic heterocycles. The normalized spacial score (nSPS) is 14.2. The Balaban J connectivity index is 5.48. The summed E-state index contributed by atoms with van der Waals surface area (Å²) in [6, 6.07) is -4.22. The third-order valence-electron chi connectivity index (χ3n) is 5.76. The Morgan fingerprint density at radius 3 is 1.35 bits per heavy atom. The molecular weight excluding hydrogens is 484 g/mol. The van der Waals surface area contributed by atoms with Gasteiger partial charge in [0, 0.05) is 6.42 Å². The van der Waals surface area contributed by atoms with Gasteiger partial charge in [0.05, 0.1) is 6.04 Å². The smallest absolute Gasteiger partial charge is 0.326 e. The molecule has 0 heterocycles. The van der Waals surface area contributed by atoms with E-state index in [1.807, 2.05) is 0 Å². The van der Waals surface area contributed by atoms with Crippen LogP contribution in [0.2, 0.25) is 0 Å². The molecule has 0 saturated heterocycles. The second kappa shape index (κ2) is 20.3. The summed E-state index contributed by atoms with van der Waals surface area (Å²) >= 11 is 0. The quantitative estimate of drug-likeness (QED) is 0.0664. The number of rotatable bonds is 22. The summed E-state index contributed by atoms with van der Waals surface area (Å²) in [6.45, 7) is 1.19. The average molecular weight is 531 g/mol. The van der Waals surface area contributed by atoms with E-state index in [4.69, 9.17) is 28.7 Å². The van der Waals surface area contributed by atoms with Crippen molar-refractivity contribution in [3.8, 4) is 0 Å². The van der Waals surface area contributed by atoms with Crippen LogP contribution in [0.4, 0.5) is 0 Å². The Kier molecular flexibility index (Phi) is 18.7. The SMILES string of the molecule is NCCCCC(NC(=O)C(CCCCN)NC(=O)C(CCCCN)NC(=O)C(N)CCC(N)=O)C(=O)O. The molecule has 4 atom stereocenters. The monoisotopic (exact) mass is 530 g/mol. The van der Waals surface area contributed by atoms with E-state index in [1.165, 1.54) is 0 Å². The first-order chi connectivity index (χ1) is 17.6. The number of amides is 4. The molecule has 37 heavy (non-hydrogen) atoms. The van der Waals surface area contributed by atoms with Crippen molar-refractivity contribution in [3.63, 3.8) is 0 Å². The van der Waals surface area contributed by atoms with E-state index in [0.29, 0.717) is 58.2 Å². The Labute approximate surface area is 218 Å². The van der Waals surface area contributed by atoms with Gasteiger partial charge in [-0.25, -0.2) is 4.79 Å². The lowest BCUT2D eigenvalue weighted by Crippen LogP contribution is -2.57. The number of nitrogens with two attached hydrogens (primary N) is 5. The largest absolute Gasteiger partial charge is 0.480 e. The van der Waals surface area contributed by atoms with Gasteiger partial charge in [-0.2, -0.15) is 0 Å². The van der Waals surface area contributed by atoms with E-state index in [0.717, 1.165) is 0 Å². The van der Waals surface area contributed by atoms with Gasteiger partial charge in [-0.15, -0.1) is 0 Å². The fourth-order valence-electron chi connectivity index (χ4n) is 3.53. The molecule has 214 valence electrons. The summed E-state index contributed by atoms with van der Waals surface area (Å²) in [5.41, 5.74) is 27.5. The highest BCUT2D eigenvalue weighted by Crippen LogP contribution is 2.08. The van der Waals surface area contributed by atoms with Crippen molar-refractivity contribution in [3.05, 3.63) is 0 Å². The molecule has 0 bridgehead atoms. The molecule has 14 N–H and O–H groups in total. The number of hydrogen-bond acceptors (Lipinski definition) is 9. The van der Waals surface area contributed by atoms with Crippen LogP contribution in [-0.4, -0.2) is 78.5 Å². The van der Waals surface area contributed by atoms with E-state index in [2.05, 4.69) is 16.0 Å². The zero-order chi connectivity index (χ0) is 28.2. The van der Waals surface area contributed by atoms with Gasteiger partial charge < -0.3 is 49.7 Å². The minimum atomic E-state index is -1.19. The predicted octanol–water partition coefficient (Wildman–Crippen LogP) is -2.49. The van der Waals surface area contributed by atoms with Crippen molar-refractivity contribution in [2.75, 3.05) is 19.6 Å². The van der Waals surface area contributed by atoms with Gasteiger partial charge in [0.1, 0.15) is 18.1 Å². The first-order valence-corrected chi connectivity index (χ1v) is 12.8. The van der Waals surface area contributed by atoms with Gasteiger partial charge in [0.25, 0.3) is 0 Å². The van der Waals surface area contributed by atoms with Crippen molar-refractivity contribution in [1.29, 1.82) is 0 Å². The Bertz CT molecular complexity index is 723. The van der Waals surface area contributed by atoms with Crippen molar-refractivity contribution >= 4 is 29.6 Å². The Morgan fingerprint density at radius 2 is 0.973 bits per heavy atom. The summed E-state index contributed by atoms with van der Waals surface area (Å²) < 4.78 is 0. The van der Waals surface area contributed by atoms with Gasteiger partial charge in [-0.1, -0.05) is 0 Å². The molecular formula is C23H46N8O6. The van der Waals surface area contributed by atoms with Crippen LogP contribution in [0.15, 0.2) is 0 Å². The second-order valence-corrected chi connectivity index (χ2v) is 8.99. The molecule has 14 heteroatoms. The van der Waals surface area contributed by atoms with Crippen molar-refractivity contribution in [2.24, 2.45) is 28.7 Å². The zero-order valence-corrected chi connectivity index (χ0v) is 21.6. The highest BCUT2D eigenvalue weighted by Gasteiger charge is 2.30. The summed E-state index contributed by atoms with van der Waals surface area (Å²) in [4.78, 5) is 61.2.